The molecule has 1 aliphatic carbocycles. The van der Waals surface area contributed by atoms with Crippen LogP contribution in [0.1, 0.15) is 68.8 Å². The standard InChI is InChI=1S/C18H24O2/c1-4-18(9-5-6-10-18)16(19)13-7-8-15-14(11-13)17(2,3)12-20-15/h7-8,11H,4-6,9-10,12H2,1-3H3. The van der Waals surface area contributed by atoms with Gasteiger partial charge in [-0.2, -0.15) is 0 Å². The van der Waals surface area contributed by atoms with Crippen LogP contribution in [-0.2, 0) is 5.41 Å². The largest absolute Gasteiger partial charge is 0.492 e. The number of fused-ring (bicyclic) bond motifs is 1. The summed E-state index contributed by atoms with van der Waals surface area (Å²) in [6, 6.07) is 6.02. The lowest BCUT2D eigenvalue weighted by atomic mass is 9.75. The Morgan fingerprint density at radius 3 is 2.60 bits per heavy atom. The van der Waals surface area contributed by atoms with Crippen LogP contribution in [0, 0.1) is 5.41 Å². The molecule has 2 nitrogen and oxygen atoms in total. The topological polar surface area (TPSA) is 26.3 Å². The Labute approximate surface area is 121 Å². The van der Waals surface area contributed by atoms with Gasteiger partial charge >= 0.3 is 0 Å². The van der Waals surface area contributed by atoms with Crippen molar-refractivity contribution in [3.05, 3.63) is 29.3 Å². The zero-order valence-electron chi connectivity index (χ0n) is 12.8. The number of carbonyl (C=O) groups excluding carboxylic acids is 1. The molecule has 1 aromatic rings. The Bertz CT molecular complexity index is 536. The fourth-order valence-corrected chi connectivity index (χ4v) is 3.76. The van der Waals surface area contributed by atoms with Crippen LogP contribution in [0.4, 0.5) is 0 Å². The molecule has 0 atom stereocenters. The second kappa shape index (κ2) is 4.61. The number of hydrogen-bond donors (Lipinski definition) is 0. The number of ketones is 1. The maximum absolute atomic E-state index is 13.0. The van der Waals surface area contributed by atoms with Crippen LogP contribution in [-0.4, -0.2) is 12.4 Å². The van der Waals surface area contributed by atoms with Crippen molar-refractivity contribution in [2.24, 2.45) is 5.41 Å². The first-order valence-corrected chi connectivity index (χ1v) is 7.81. The zero-order valence-corrected chi connectivity index (χ0v) is 12.8. The highest BCUT2D eigenvalue weighted by atomic mass is 16.5. The van der Waals surface area contributed by atoms with Gasteiger partial charge in [-0.1, -0.05) is 33.6 Å². The smallest absolute Gasteiger partial charge is 0.169 e. The lowest BCUT2D eigenvalue weighted by Gasteiger charge is -2.26. The second-order valence-corrected chi connectivity index (χ2v) is 7.05. The Hall–Kier alpha value is -1.31. The minimum absolute atomic E-state index is 0.0146. The third-order valence-electron chi connectivity index (χ3n) is 5.28. The maximum Gasteiger partial charge on any atom is 0.169 e. The van der Waals surface area contributed by atoms with Crippen molar-refractivity contribution >= 4 is 5.78 Å². The molecule has 1 aliphatic heterocycles. The number of hydrogen-bond acceptors (Lipinski definition) is 2. The molecule has 1 saturated carbocycles. The number of benzene rings is 1. The summed E-state index contributed by atoms with van der Waals surface area (Å²) in [6.45, 7) is 7.22. The van der Waals surface area contributed by atoms with Crippen LogP contribution in [0.5, 0.6) is 5.75 Å². The maximum atomic E-state index is 13.0. The van der Waals surface area contributed by atoms with E-state index in [0.717, 1.165) is 30.6 Å². The van der Waals surface area contributed by atoms with E-state index in [1.165, 1.54) is 18.4 Å². The van der Waals surface area contributed by atoms with E-state index in [0.29, 0.717) is 12.4 Å². The molecule has 0 aromatic heterocycles. The first-order valence-electron chi connectivity index (χ1n) is 7.81. The average molecular weight is 272 g/mol. The van der Waals surface area contributed by atoms with Gasteiger partial charge in [-0.15, -0.1) is 0 Å². The predicted octanol–water partition coefficient (Wildman–Crippen LogP) is 4.51. The van der Waals surface area contributed by atoms with E-state index in [9.17, 15) is 4.79 Å². The van der Waals surface area contributed by atoms with Gasteiger partial charge in [0.15, 0.2) is 5.78 Å². The lowest BCUT2D eigenvalue weighted by molar-refractivity contribution is 0.0791. The molecule has 20 heavy (non-hydrogen) atoms. The van der Waals surface area contributed by atoms with Gasteiger partial charge < -0.3 is 4.74 Å². The lowest BCUT2D eigenvalue weighted by Crippen LogP contribution is -2.27. The van der Waals surface area contributed by atoms with Crippen LogP contribution in [0.3, 0.4) is 0 Å². The number of carbonyl (C=O) groups is 1. The van der Waals surface area contributed by atoms with E-state index in [1.54, 1.807) is 0 Å². The van der Waals surface area contributed by atoms with Crippen LogP contribution in [0.25, 0.3) is 0 Å². The van der Waals surface area contributed by atoms with Crippen LogP contribution < -0.4 is 4.74 Å². The molecule has 0 N–H and O–H groups in total. The summed E-state index contributed by atoms with van der Waals surface area (Å²) in [7, 11) is 0. The highest BCUT2D eigenvalue weighted by molar-refractivity contribution is 6.01. The summed E-state index contributed by atoms with van der Waals surface area (Å²) in [5.41, 5.74) is 1.98. The van der Waals surface area contributed by atoms with E-state index in [1.807, 2.05) is 12.1 Å². The molecule has 108 valence electrons. The average Bonchev–Trinajstić information content (AvgIpc) is 3.04. The van der Waals surface area contributed by atoms with E-state index in [2.05, 4.69) is 26.8 Å². The van der Waals surface area contributed by atoms with Gasteiger partial charge in [-0.3, -0.25) is 4.79 Å². The monoisotopic (exact) mass is 272 g/mol. The van der Waals surface area contributed by atoms with Crippen molar-refractivity contribution in [3.63, 3.8) is 0 Å². The molecule has 3 rings (SSSR count). The Morgan fingerprint density at radius 2 is 1.95 bits per heavy atom. The van der Waals surface area contributed by atoms with E-state index in [4.69, 9.17) is 4.74 Å². The second-order valence-electron chi connectivity index (χ2n) is 7.05. The minimum atomic E-state index is -0.0994. The molecule has 0 radical (unpaired) electrons. The third kappa shape index (κ3) is 1.97. The molecule has 0 unspecified atom stereocenters. The molecule has 0 bridgehead atoms. The number of Topliss-reactive ketones (excluding diaryl/α,β-unsaturated/α-hetero) is 1. The molecule has 0 saturated heterocycles. The Kier molecular flexibility index (Phi) is 3.15. The predicted molar refractivity (Wildman–Crippen MR) is 80.5 cm³/mol. The molecule has 0 spiro atoms. The van der Waals surface area contributed by atoms with Gasteiger partial charge in [0.25, 0.3) is 0 Å². The fraction of sp³-hybridized carbons (Fsp3) is 0.611. The molecule has 1 heterocycles. The fourth-order valence-electron chi connectivity index (χ4n) is 3.76. The van der Waals surface area contributed by atoms with Crippen molar-refractivity contribution < 1.29 is 9.53 Å². The van der Waals surface area contributed by atoms with Crippen LogP contribution in [0.2, 0.25) is 0 Å². The summed E-state index contributed by atoms with van der Waals surface area (Å²) in [5.74, 6) is 1.30. The summed E-state index contributed by atoms with van der Waals surface area (Å²) >= 11 is 0. The first-order chi connectivity index (χ1) is 9.48. The van der Waals surface area contributed by atoms with E-state index >= 15 is 0 Å². The first kappa shape index (κ1) is 13.7. The SMILES string of the molecule is CCC1(C(=O)c2ccc3c(c2)C(C)(C)CO3)CCCC1. The van der Waals surface area contributed by atoms with Crippen LogP contribution in [0.15, 0.2) is 18.2 Å². The number of rotatable bonds is 3. The summed E-state index contributed by atoms with van der Waals surface area (Å²) < 4.78 is 5.71. The van der Waals surface area contributed by atoms with E-state index in [-0.39, 0.29) is 10.8 Å². The number of ether oxygens (including phenoxy) is 1. The van der Waals surface area contributed by atoms with E-state index < -0.39 is 0 Å². The van der Waals surface area contributed by atoms with Gasteiger partial charge in [0.2, 0.25) is 0 Å². The van der Waals surface area contributed by atoms with Gasteiger partial charge in [-0.05, 0) is 37.5 Å². The summed E-state index contributed by atoms with van der Waals surface area (Å²) in [4.78, 5) is 13.0. The van der Waals surface area contributed by atoms with Crippen molar-refractivity contribution in [2.75, 3.05) is 6.61 Å². The third-order valence-corrected chi connectivity index (χ3v) is 5.28. The van der Waals surface area contributed by atoms with Gasteiger partial charge in [0.05, 0.1) is 6.61 Å². The zero-order chi connectivity index (χ0) is 14.4. The molecule has 0 amide bonds. The Balaban J connectivity index is 1.97. The molecular formula is C18H24O2. The molecule has 2 aliphatic rings. The van der Waals surface area contributed by atoms with Gasteiger partial charge in [-0.25, -0.2) is 0 Å². The van der Waals surface area contributed by atoms with Crippen molar-refractivity contribution in [3.8, 4) is 5.75 Å². The highest BCUT2D eigenvalue weighted by Crippen LogP contribution is 2.45. The van der Waals surface area contributed by atoms with Crippen molar-refractivity contribution in [1.82, 2.24) is 0 Å². The van der Waals surface area contributed by atoms with Crippen LogP contribution >= 0.6 is 0 Å². The van der Waals surface area contributed by atoms with Gasteiger partial charge in [0, 0.05) is 22.0 Å². The van der Waals surface area contributed by atoms with Crippen molar-refractivity contribution in [2.45, 2.75) is 58.3 Å². The molecule has 1 aromatic carbocycles. The van der Waals surface area contributed by atoms with Gasteiger partial charge in [0.1, 0.15) is 5.75 Å². The summed E-state index contributed by atoms with van der Waals surface area (Å²) in [6.07, 6.45) is 5.46. The summed E-state index contributed by atoms with van der Waals surface area (Å²) in [5, 5.41) is 0. The Morgan fingerprint density at radius 1 is 1.25 bits per heavy atom. The quantitative estimate of drug-likeness (QED) is 0.757. The normalized spacial score (nSPS) is 22.4. The highest BCUT2D eigenvalue weighted by Gasteiger charge is 2.40. The van der Waals surface area contributed by atoms with Crippen molar-refractivity contribution in [1.29, 1.82) is 0 Å². The molecule has 2 heteroatoms. The molecular weight excluding hydrogens is 248 g/mol. The minimum Gasteiger partial charge on any atom is -0.492 e. The molecule has 1 fully saturated rings.